The van der Waals surface area contributed by atoms with Crippen molar-refractivity contribution in [1.29, 1.82) is 0 Å². The molecule has 0 bridgehead atoms. The van der Waals surface area contributed by atoms with Gasteiger partial charge in [-0.15, -0.1) is 4.51 Å². The molecule has 0 aliphatic carbocycles. The largest absolute Gasteiger partial charge is 0.507 e. The van der Waals surface area contributed by atoms with Gasteiger partial charge in [0.1, 0.15) is 5.75 Å². The molecule has 7 heteroatoms. The highest BCUT2D eigenvalue weighted by Crippen LogP contribution is 2.39. The summed E-state index contributed by atoms with van der Waals surface area (Å²) >= 11 is 5.94. The lowest BCUT2D eigenvalue weighted by atomic mass is 9.78. The number of carbonyl (C=O) groups excluding carboxylic acids is 1. The second kappa shape index (κ2) is 9.80. The van der Waals surface area contributed by atoms with Crippen LogP contribution >= 0.6 is 11.8 Å². The minimum atomic E-state index is -0.313. The number of hydrogen-bond donors (Lipinski definition) is 2. The maximum atomic E-state index is 13.4. The highest BCUT2D eigenvalue weighted by molar-refractivity contribution is 6.14. The summed E-state index contributed by atoms with van der Waals surface area (Å²) in [5.41, 5.74) is 9.77. The normalized spacial score (nSPS) is 12.9. The summed E-state index contributed by atoms with van der Waals surface area (Å²) in [7, 11) is 0. The summed E-state index contributed by atoms with van der Waals surface area (Å²) in [4.78, 5) is 13.4. The van der Waals surface area contributed by atoms with Crippen LogP contribution in [0.3, 0.4) is 0 Å². The third-order valence-electron chi connectivity index (χ3n) is 5.99. The number of aromatic nitrogens is 2. The number of phenols is 1. The summed E-state index contributed by atoms with van der Waals surface area (Å²) in [5.74, 6) is 0.181. The zero-order chi connectivity index (χ0) is 25.3. The Morgan fingerprint density at radius 3 is 1.91 bits per heavy atom. The van der Waals surface area contributed by atoms with Crippen LogP contribution < -0.4 is 11.4 Å². The quantitative estimate of drug-likeness (QED) is 0.483. The highest BCUT2D eigenvalue weighted by Gasteiger charge is 2.28. The van der Waals surface area contributed by atoms with Crippen LogP contribution in [0.2, 0.25) is 0 Å². The van der Waals surface area contributed by atoms with Crippen molar-refractivity contribution in [2.45, 2.75) is 72.0 Å². The van der Waals surface area contributed by atoms with Crippen LogP contribution in [0.15, 0.2) is 53.3 Å². The van der Waals surface area contributed by atoms with Crippen molar-refractivity contribution in [3.05, 3.63) is 82.2 Å². The number of carbonyl (C=O) groups is 1. The minimum Gasteiger partial charge on any atom is -0.507 e. The third kappa shape index (κ3) is 5.62. The van der Waals surface area contributed by atoms with Crippen molar-refractivity contribution in [3.63, 3.8) is 0 Å². The molecule has 2 aromatic carbocycles. The maximum Gasteiger partial charge on any atom is 0.223 e. The minimum absolute atomic E-state index is 0.0763. The summed E-state index contributed by atoms with van der Waals surface area (Å²) in [6, 6.07) is 11.7. The molecule has 1 aromatic heterocycles. The van der Waals surface area contributed by atoms with E-state index in [1.54, 1.807) is 16.7 Å². The molecule has 0 saturated heterocycles. The van der Waals surface area contributed by atoms with Gasteiger partial charge in [-0.1, -0.05) is 65.8 Å². The van der Waals surface area contributed by atoms with Gasteiger partial charge < -0.3 is 20.0 Å². The van der Waals surface area contributed by atoms with Crippen molar-refractivity contribution in [3.8, 4) is 5.75 Å². The van der Waals surface area contributed by atoms with Crippen LogP contribution in [-0.2, 0) is 30.5 Å². The second-order valence-corrected chi connectivity index (χ2v) is 11.0. The molecule has 0 amide bonds. The summed E-state index contributed by atoms with van der Waals surface area (Å²) in [5, 5.41) is 11.0. The Balaban J connectivity index is 1.94. The Hall–Kier alpha value is -2.83. The van der Waals surface area contributed by atoms with Gasteiger partial charge in [-0.25, -0.2) is 0 Å². The maximum absolute atomic E-state index is 13.4. The van der Waals surface area contributed by atoms with E-state index in [1.165, 1.54) is 0 Å². The van der Waals surface area contributed by atoms with E-state index in [9.17, 15) is 9.90 Å². The van der Waals surface area contributed by atoms with Gasteiger partial charge >= 0.3 is 0 Å². The van der Waals surface area contributed by atoms with E-state index in [2.05, 4.69) is 4.51 Å². The molecule has 0 aliphatic heterocycles. The molecule has 0 spiro atoms. The van der Waals surface area contributed by atoms with E-state index >= 15 is 0 Å². The predicted octanol–water partition coefficient (Wildman–Crippen LogP) is 5.03. The number of nitrogens with two attached hydrogens (primary N) is 1. The monoisotopic (exact) mass is 482 g/mol. The van der Waals surface area contributed by atoms with Gasteiger partial charge in [0.25, 0.3) is 0 Å². The highest BCUT2D eigenvalue weighted by atomic mass is 35.5. The summed E-state index contributed by atoms with van der Waals surface area (Å²) in [6.07, 6.45) is 3.67. The van der Waals surface area contributed by atoms with Gasteiger partial charge in [0.15, 0.2) is 5.78 Å². The Kier molecular flexibility index (Phi) is 7.44. The molecule has 3 N–H and O–H groups in total. The van der Waals surface area contributed by atoms with Crippen LogP contribution in [0.4, 0.5) is 0 Å². The van der Waals surface area contributed by atoms with Crippen LogP contribution in [0.5, 0.6) is 5.75 Å². The third-order valence-corrected chi connectivity index (χ3v) is 6.14. The standard InChI is InChI=1S/C27H35ClN4O2/c1-26(2,3)21-13-20(14-22(24(21)34)27(4,5)6)23(33)17-32-12-11-31(25(32)30-28)16-19-9-7-18(15-29)8-10-19/h7-14,34H,15-17,29H2,1-6H3. The second-order valence-electron chi connectivity index (χ2n) is 10.8. The molecule has 0 aliphatic rings. The first kappa shape index (κ1) is 25.8. The van der Waals surface area contributed by atoms with Crippen LogP contribution in [0.1, 0.15) is 74.2 Å². The van der Waals surface area contributed by atoms with Crippen LogP contribution in [0, 0.1) is 0 Å². The summed E-state index contributed by atoms with van der Waals surface area (Å²) < 4.78 is 7.56. The van der Waals surface area contributed by atoms with E-state index in [4.69, 9.17) is 17.5 Å². The van der Waals surface area contributed by atoms with Crippen LogP contribution in [0.25, 0.3) is 0 Å². The molecular weight excluding hydrogens is 448 g/mol. The first-order valence-electron chi connectivity index (χ1n) is 11.4. The fraction of sp³-hybridized carbons (Fsp3) is 0.407. The fourth-order valence-electron chi connectivity index (χ4n) is 3.97. The first-order chi connectivity index (χ1) is 15.8. The molecule has 34 heavy (non-hydrogen) atoms. The SMILES string of the molecule is CC(C)(C)c1cc(C(=O)Cn2ccn(Cc3ccc(CN)cc3)c2=NCl)cc(C(C)(C)C)c1O. The van der Waals surface area contributed by atoms with Crippen molar-refractivity contribution in [1.82, 2.24) is 9.13 Å². The number of phenolic OH excluding ortho intramolecular Hbond substituents is 1. The van der Waals surface area contributed by atoms with Gasteiger partial charge in [0.05, 0.1) is 13.1 Å². The van der Waals surface area contributed by atoms with Crippen molar-refractivity contribution < 1.29 is 9.90 Å². The smallest absolute Gasteiger partial charge is 0.223 e. The number of imidazole rings is 1. The van der Waals surface area contributed by atoms with Gasteiger partial charge in [-0.2, -0.15) is 0 Å². The molecule has 0 atom stereocenters. The van der Waals surface area contributed by atoms with E-state index in [0.29, 0.717) is 24.3 Å². The van der Waals surface area contributed by atoms with Crippen molar-refractivity contribution >= 4 is 17.6 Å². The first-order valence-corrected chi connectivity index (χ1v) is 11.8. The average Bonchev–Trinajstić information content (AvgIpc) is 3.13. The lowest BCUT2D eigenvalue weighted by molar-refractivity contribution is 0.0970. The number of halogens is 1. The Bertz CT molecular complexity index is 1200. The molecule has 182 valence electrons. The van der Waals surface area contributed by atoms with E-state index in [1.807, 2.05) is 82.8 Å². The number of rotatable bonds is 6. The predicted molar refractivity (Wildman–Crippen MR) is 137 cm³/mol. The van der Waals surface area contributed by atoms with Gasteiger partial charge in [0, 0.05) is 47.4 Å². The van der Waals surface area contributed by atoms with E-state index in [-0.39, 0.29) is 28.9 Å². The number of hydrogen-bond acceptors (Lipinski definition) is 4. The lowest BCUT2D eigenvalue weighted by Gasteiger charge is -2.28. The zero-order valence-corrected chi connectivity index (χ0v) is 21.6. The van der Waals surface area contributed by atoms with Gasteiger partial charge in [-0.3, -0.25) is 4.79 Å². The summed E-state index contributed by atoms with van der Waals surface area (Å²) in [6.45, 7) is 13.3. The Morgan fingerprint density at radius 2 is 1.44 bits per heavy atom. The molecule has 6 nitrogen and oxygen atoms in total. The van der Waals surface area contributed by atoms with Crippen LogP contribution in [-0.4, -0.2) is 20.0 Å². The molecule has 0 fully saturated rings. The van der Waals surface area contributed by atoms with Gasteiger partial charge in [0.2, 0.25) is 5.62 Å². The Morgan fingerprint density at radius 1 is 0.941 bits per heavy atom. The molecule has 0 radical (unpaired) electrons. The molecular formula is C27H35ClN4O2. The number of benzene rings is 2. The molecule has 1 heterocycles. The van der Waals surface area contributed by atoms with Gasteiger partial charge in [-0.05, 0) is 34.1 Å². The molecule has 0 saturated carbocycles. The number of Topliss-reactive ketones (excluding diaryl/α,β-unsaturated/α-hetero) is 1. The van der Waals surface area contributed by atoms with Crippen molar-refractivity contribution in [2.24, 2.45) is 10.2 Å². The number of aromatic hydroxyl groups is 1. The molecule has 0 unspecified atom stereocenters. The topological polar surface area (TPSA) is 85.5 Å². The van der Waals surface area contributed by atoms with Crippen molar-refractivity contribution in [2.75, 3.05) is 0 Å². The Labute approximate surface area is 206 Å². The lowest BCUT2D eigenvalue weighted by Crippen LogP contribution is -2.28. The zero-order valence-electron chi connectivity index (χ0n) is 20.9. The number of ketones is 1. The fourth-order valence-corrected chi connectivity index (χ4v) is 4.16. The molecule has 3 rings (SSSR count). The van der Waals surface area contributed by atoms with E-state index < -0.39 is 0 Å². The molecule has 3 aromatic rings. The average molecular weight is 483 g/mol. The number of nitrogens with zero attached hydrogens (tertiary/aromatic N) is 3. The van der Waals surface area contributed by atoms with E-state index in [0.717, 1.165) is 22.3 Å².